The van der Waals surface area contributed by atoms with Crippen molar-refractivity contribution in [2.75, 3.05) is 0 Å². The molecular formula is C11H15N3O. The molecule has 4 nitrogen and oxygen atoms in total. The Labute approximate surface area is 87.9 Å². The maximum absolute atomic E-state index is 12.0. The summed E-state index contributed by atoms with van der Waals surface area (Å²) in [6, 6.07) is 1.99. The van der Waals surface area contributed by atoms with Crippen LogP contribution in [0.5, 0.6) is 0 Å². The van der Waals surface area contributed by atoms with Gasteiger partial charge in [0.05, 0.1) is 0 Å². The van der Waals surface area contributed by atoms with E-state index in [1.807, 2.05) is 13.0 Å². The molecule has 0 aliphatic rings. The third-order valence-corrected chi connectivity index (χ3v) is 2.68. The Hall–Kier alpha value is -1.58. The number of H-pyrrole nitrogens is 1. The van der Waals surface area contributed by atoms with Crippen LogP contribution in [0.2, 0.25) is 0 Å². The van der Waals surface area contributed by atoms with Crippen molar-refractivity contribution in [3.05, 3.63) is 33.9 Å². The van der Waals surface area contributed by atoms with Gasteiger partial charge < -0.3 is 0 Å². The Morgan fingerprint density at radius 3 is 2.87 bits per heavy atom. The standard InChI is InChI=1S/C11H15N3O/c1-4-8-9(7(2)3)5-10-12-6-13-14(10)11(8)15/h5-7H,4H2,1-3H3,(H,12,13). The van der Waals surface area contributed by atoms with E-state index >= 15 is 0 Å². The summed E-state index contributed by atoms with van der Waals surface area (Å²) in [6.45, 7) is 6.19. The molecule has 0 spiro atoms. The molecule has 0 fully saturated rings. The van der Waals surface area contributed by atoms with Crippen LogP contribution in [-0.2, 0) is 6.42 Å². The molecule has 0 aliphatic heterocycles. The largest absolute Gasteiger partial charge is 0.279 e. The van der Waals surface area contributed by atoms with Crippen LogP contribution in [0.4, 0.5) is 0 Å². The fraction of sp³-hybridized carbons (Fsp3) is 0.455. The first kappa shape index (κ1) is 9.96. The summed E-state index contributed by atoms with van der Waals surface area (Å²) >= 11 is 0. The normalized spacial score (nSPS) is 11.5. The molecular weight excluding hydrogens is 190 g/mol. The van der Waals surface area contributed by atoms with Crippen LogP contribution in [0.3, 0.4) is 0 Å². The van der Waals surface area contributed by atoms with Crippen LogP contribution >= 0.6 is 0 Å². The second kappa shape index (κ2) is 3.53. The topological polar surface area (TPSA) is 50.2 Å². The Morgan fingerprint density at radius 2 is 2.27 bits per heavy atom. The summed E-state index contributed by atoms with van der Waals surface area (Å²) in [4.78, 5) is 16.1. The van der Waals surface area contributed by atoms with Gasteiger partial charge in [0.2, 0.25) is 0 Å². The molecule has 0 bridgehead atoms. The second-order valence-corrected chi connectivity index (χ2v) is 3.97. The zero-order valence-electron chi connectivity index (χ0n) is 9.24. The van der Waals surface area contributed by atoms with Crippen molar-refractivity contribution in [1.82, 2.24) is 14.6 Å². The van der Waals surface area contributed by atoms with E-state index in [-0.39, 0.29) is 5.56 Å². The molecule has 2 aromatic rings. The quantitative estimate of drug-likeness (QED) is 0.811. The van der Waals surface area contributed by atoms with Crippen molar-refractivity contribution in [2.45, 2.75) is 33.1 Å². The molecule has 0 radical (unpaired) electrons. The number of aromatic amines is 1. The minimum Gasteiger partial charge on any atom is -0.279 e. The highest BCUT2D eigenvalue weighted by molar-refractivity contribution is 5.44. The molecule has 0 amide bonds. The molecule has 80 valence electrons. The molecule has 0 aliphatic carbocycles. The summed E-state index contributed by atoms with van der Waals surface area (Å²) < 4.78 is 1.49. The van der Waals surface area contributed by atoms with Gasteiger partial charge in [-0.2, -0.15) is 0 Å². The van der Waals surface area contributed by atoms with Gasteiger partial charge in [0, 0.05) is 5.56 Å². The predicted octanol–water partition coefficient (Wildman–Crippen LogP) is 1.71. The minimum atomic E-state index is 0.0243. The van der Waals surface area contributed by atoms with E-state index in [9.17, 15) is 4.79 Å². The van der Waals surface area contributed by atoms with Crippen molar-refractivity contribution in [3.8, 4) is 0 Å². The first-order chi connectivity index (χ1) is 7.15. The average Bonchev–Trinajstić information content (AvgIpc) is 2.65. The number of hydrogen-bond acceptors (Lipinski definition) is 2. The van der Waals surface area contributed by atoms with E-state index in [0.717, 1.165) is 17.5 Å². The van der Waals surface area contributed by atoms with E-state index < -0.39 is 0 Å². The van der Waals surface area contributed by atoms with Crippen molar-refractivity contribution < 1.29 is 0 Å². The van der Waals surface area contributed by atoms with Gasteiger partial charge in [-0.1, -0.05) is 20.8 Å². The van der Waals surface area contributed by atoms with Gasteiger partial charge in [-0.15, -0.1) is 0 Å². The summed E-state index contributed by atoms with van der Waals surface area (Å²) in [6.07, 6.45) is 2.30. The third-order valence-electron chi connectivity index (χ3n) is 2.68. The molecule has 0 unspecified atom stereocenters. The first-order valence-electron chi connectivity index (χ1n) is 5.23. The smallest absolute Gasteiger partial charge is 0.274 e. The SMILES string of the molecule is CCc1c(C(C)C)cc2nc[nH]n2c1=O. The van der Waals surface area contributed by atoms with Crippen molar-refractivity contribution >= 4 is 5.65 Å². The summed E-state index contributed by atoms with van der Waals surface area (Å²) in [5, 5.41) is 2.82. The molecule has 4 heteroatoms. The number of hydrogen-bond donors (Lipinski definition) is 1. The van der Waals surface area contributed by atoms with E-state index in [4.69, 9.17) is 0 Å². The van der Waals surface area contributed by atoms with Crippen LogP contribution in [-0.4, -0.2) is 14.6 Å². The fourth-order valence-corrected chi connectivity index (χ4v) is 1.90. The number of aromatic nitrogens is 3. The fourth-order valence-electron chi connectivity index (χ4n) is 1.90. The zero-order valence-corrected chi connectivity index (χ0v) is 9.24. The van der Waals surface area contributed by atoms with Crippen molar-refractivity contribution in [1.29, 1.82) is 0 Å². The highest BCUT2D eigenvalue weighted by Crippen LogP contribution is 2.18. The lowest BCUT2D eigenvalue weighted by Crippen LogP contribution is -2.21. The summed E-state index contributed by atoms with van der Waals surface area (Å²) in [7, 11) is 0. The maximum atomic E-state index is 12.0. The average molecular weight is 205 g/mol. The highest BCUT2D eigenvalue weighted by atomic mass is 16.1. The van der Waals surface area contributed by atoms with Crippen LogP contribution in [0, 0.1) is 0 Å². The second-order valence-electron chi connectivity index (χ2n) is 3.97. The van der Waals surface area contributed by atoms with Gasteiger partial charge in [0.25, 0.3) is 5.56 Å². The molecule has 0 saturated heterocycles. The van der Waals surface area contributed by atoms with E-state index in [0.29, 0.717) is 11.6 Å². The van der Waals surface area contributed by atoms with Crippen LogP contribution < -0.4 is 5.56 Å². The van der Waals surface area contributed by atoms with Gasteiger partial charge in [-0.25, -0.2) is 9.50 Å². The van der Waals surface area contributed by atoms with Crippen LogP contribution in [0.25, 0.3) is 5.65 Å². The predicted molar refractivity (Wildman–Crippen MR) is 59.3 cm³/mol. The number of nitrogens with zero attached hydrogens (tertiary/aromatic N) is 2. The highest BCUT2D eigenvalue weighted by Gasteiger charge is 2.12. The van der Waals surface area contributed by atoms with Crippen molar-refractivity contribution in [2.24, 2.45) is 0 Å². The van der Waals surface area contributed by atoms with Gasteiger partial charge in [0.1, 0.15) is 6.33 Å². The summed E-state index contributed by atoms with van der Waals surface area (Å²) in [5.41, 5.74) is 2.71. The number of pyridine rings is 1. The van der Waals surface area contributed by atoms with Gasteiger partial charge in [0.15, 0.2) is 5.65 Å². The van der Waals surface area contributed by atoms with Gasteiger partial charge >= 0.3 is 0 Å². The molecule has 0 saturated carbocycles. The van der Waals surface area contributed by atoms with E-state index in [1.165, 1.54) is 4.52 Å². The number of nitrogens with one attached hydrogen (secondary N) is 1. The molecule has 15 heavy (non-hydrogen) atoms. The third kappa shape index (κ3) is 1.46. The first-order valence-corrected chi connectivity index (χ1v) is 5.23. The lowest BCUT2D eigenvalue weighted by atomic mass is 9.97. The van der Waals surface area contributed by atoms with Gasteiger partial charge in [-0.05, 0) is 24.0 Å². The Morgan fingerprint density at radius 1 is 1.53 bits per heavy atom. The summed E-state index contributed by atoms with van der Waals surface area (Å²) in [5.74, 6) is 0.356. The van der Waals surface area contributed by atoms with E-state index in [2.05, 4.69) is 23.9 Å². The molecule has 2 heterocycles. The minimum absolute atomic E-state index is 0.0243. The van der Waals surface area contributed by atoms with Crippen molar-refractivity contribution in [3.63, 3.8) is 0 Å². The van der Waals surface area contributed by atoms with E-state index in [1.54, 1.807) is 6.33 Å². The Bertz CT molecular complexity index is 536. The molecule has 0 aromatic carbocycles. The van der Waals surface area contributed by atoms with Crippen LogP contribution in [0.1, 0.15) is 37.8 Å². The monoisotopic (exact) mass is 205 g/mol. The zero-order chi connectivity index (χ0) is 11.0. The van der Waals surface area contributed by atoms with Crippen LogP contribution in [0.15, 0.2) is 17.2 Å². The number of rotatable bonds is 2. The van der Waals surface area contributed by atoms with Gasteiger partial charge in [-0.3, -0.25) is 9.89 Å². The molecule has 2 aromatic heterocycles. The Balaban J connectivity index is 2.85. The number of fused-ring (bicyclic) bond motifs is 1. The Kier molecular flexibility index (Phi) is 2.34. The molecule has 1 N–H and O–H groups in total. The lowest BCUT2D eigenvalue weighted by molar-refractivity contribution is 0.810. The lowest BCUT2D eigenvalue weighted by Gasteiger charge is -2.10. The molecule has 2 rings (SSSR count). The molecule has 0 atom stereocenters. The maximum Gasteiger partial charge on any atom is 0.274 e.